The molecule has 13 heavy (non-hydrogen) atoms. The smallest absolute Gasteiger partial charge is 0.0577 e. The molecule has 3 nitrogen and oxygen atoms in total. The van der Waals surface area contributed by atoms with Crippen molar-refractivity contribution in [1.29, 1.82) is 0 Å². The van der Waals surface area contributed by atoms with Gasteiger partial charge in [0.15, 0.2) is 0 Å². The maximum absolute atomic E-state index is 10.00. The van der Waals surface area contributed by atoms with Gasteiger partial charge in [0.1, 0.15) is 0 Å². The second-order valence-corrected chi connectivity index (χ2v) is 5.04. The Kier molecular flexibility index (Phi) is 2.72. The average molecular weight is 187 g/mol. The van der Waals surface area contributed by atoms with E-state index < -0.39 is 0 Å². The number of aliphatic hydroxyl groups is 1. The normalized spacial score (nSPS) is 40.6. The Morgan fingerprint density at radius 3 is 2.31 bits per heavy atom. The first-order valence-electron chi connectivity index (χ1n) is 4.99. The Hall–Kier alpha value is -0.120. The summed E-state index contributed by atoms with van der Waals surface area (Å²) in [6.07, 6.45) is 1.86. The number of piperidine rings is 1. The summed E-state index contributed by atoms with van der Waals surface area (Å²) in [5.74, 6) is 0. The molecule has 0 aromatic rings. The number of aliphatic hydroxyl groups excluding tert-OH is 1. The summed E-state index contributed by atoms with van der Waals surface area (Å²) in [6.45, 7) is 7.96. The molecule has 1 heterocycles. The summed E-state index contributed by atoms with van der Waals surface area (Å²) in [5.41, 5.74) is -0.594. The summed E-state index contributed by atoms with van der Waals surface area (Å²) in [6, 6.07) is 0. The van der Waals surface area contributed by atoms with Gasteiger partial charge in [0.25, 0.3) is 0 Å². The van der Waals surface area contributed by atoms with Gasteiger partial charge in [0, 0.05) is 11.1 Å². The largest absolute Gasteiger partial charge is 0.393 e. The van der Waals surface area contributed by atoms with Crippen LogP contribution in [0.25, 0.3) is 0 Å². The quantitative estimate of drug-likeness (QED) is 0.657. The molecule has 0 bridgehead atoms. The molecule has 0 radical (unpaired) electrons. The van der Waals surface area contributed by atoms with Crippen LogP contribution in [-0.2, 0) is 0 Å². The highest BCUT2D eigenvalue weighted by atomic mass is 16.5. The highest BCUT2D eigenvalue weighted by Gasteiger charge is 2.46. The summed E-state index contributed by atoms with van der Waals surface area (Å²) in [5, 5.41) is 21.1. The number of hydroxylamine groups is 2. The van der Waals surface area contributed by atoms with E-state index in [1.807, 2.05) is 27.7 Å². The van der Waals surface area contributed by atoms with Gasteiger partial charge in [-0.3, -0.25) is 0 Å². The molecule has 1 rings (SSSR count). The minimum Gasteiger partial charge on any atom is -0.393 e. The van der Waals surface area contributed by atoms with E-state index in [-0.39, 0.29) is 17.2 Å². The third-order valence-corrected chi connectivity index (χ3v) is 3.26. The zero-order valence-electron chi connectivity index (χ0n) is 9.04. The predicted octanol–water partition coefficient (Wildman–Crippen LogP) is 1.78. The fourth-order valence-electron chi connectivity index (χ4n) is 2.35. The second-order valence-electron chi connectivity index (χ2n) is 5.04. The lowest BCUT2D eigenvalue weighted by Gasteiger charge is -2.51. The van der Waals surface area contributed by atoms with Crippen molar-refractivity contribution in [2.24, 2.45) is 0 Å². The van der Waals surface area contributed by atoms with Crippen LogP contribution < -0.4 is 0 Å². The summed E-state index contributed by atoms with van der Waals surface area (Å²) in [7, 11) is 0. The molecule has 0 aliphatic carbocycles. The summed E-state index contributed by atoms with van der Waals surface area (Å²) in [4.78, 5) is 0. The highest BCUT2D eigenvalue weighted by Crippen LogP contribution is 2.38. The van der Waals surface area contributed by atoms with Crippen LogP contribution >= 0.6 is 0 Å². The van der Waals surface area contributed by atoms with E-state index in [0.717, 1.165) is 6.42 Å². The first kappa shape index (κ1) is 11.0. The van der Waals surface area contributed by atoms with E-state index in [9.17, 15) is 10.3 Å². The number of nitrogens with zero attached hydrogens (tertiary/aromatic N) is 1. The molecule has 1 aliphatic rings. The first-order chi connectivity index (χ1) is 5.82. The van der Waals surface area contributed by atoms with Gasteiger partial charge in [-0.2, -0.15) is 5.06 Å². The summed E-state index contributed by atoms with van der Waals surface area (Å²) >= 11 is 0. The number of rotatable bonds is 1. The monoisotopic (exact) mass is 187 g/mol. The van der Waals surface area contributed by atoms with Gasteiger partial charge in [-0.05, 0) is 40.0 Å². The molecular weight excluding hydrogens is 166 g/mol. The van der Waals surface area contributed by atoms with Gasteiger partial charge >= 0.3 is 0 Å². The number of hydrogen-bond acceptors (Lipinski definition) is 3. The third-order valence-electron chi connectivity index (χ3n) is 3.26. The van der Waals surface area contributed by atoms with E-state index in [4.69, 9.17) is 0 Å². The highest BCUT2D eigenvalue weighted by molar-refractivity contribution is 4.97. The molecule has 1 saturated heterocycles. The molecule has 0 aromatic heterocycles. The molecule has 1 fully saturated rings. The van der Waals surface area contributed by atoms with Crippen LogP contribution in [0.3, 0.4) is 0 Å². The lowest BCUT2D eigenvalue weighted by atomic mass is 9.78. The Balaban J connectivity index is 2.88. The van der Waals surface area contributed by atoms with Crippen LogP contribution in [0.15, 0.2) is 0 Å². The van der Waals surface area contributed by atoms with E-state index >= 15 is 0 Å². The molecule has 2 N–H and O–H groups in total. The minimum absolute atomic E-state index is 0.277. The van der Waals surface area contributed by atoms with Crippen molar-refractivity contribution >= 4 is 0 Å². The van der Waals surface area contributed by atoms with E-state index in [1.165, 1.54) is 5.06 Å². The molecule has 0 amide bonds. The van der Waals surface area contributed by atoms with Gasteiger partial charge in [-0.1, -0.05) is 6.92 Å². The van der Waals surface area contributed by atoms with Crippen LogP contribution in [-0.4, -0.2) is 32.6 Å². The maximum atomic E-state index is 10.00. The Labute approximate surface area is 80.3 Å². The van der Waals surface area contributed by atoms with Gasteiger partial charge in [-0.15, -0.1) is 0 Å². The molecule has 0 aromatic carbocycles. The fraction of sp³-hybridized carbons (Fsp3) is 1.00. The van der Waals surface area contributed by atoms with E-state index in [0.29, 0.717) is 12.8 Å². The zero-order chi connectivity index (χ0) is 10.3. The lowest BCUT2D eigenvalue weighted by Crippen LogP contribution is -2.61. The first-order valence-corrected chi connectivity index (χ1v) is 4.99. The van der Waals surface area contributed by atoms with E-state index in [1.54, 1.807) is 0 Å². The Morgan fingerprint density at radius 2 is 1.85 bits per heavy atom. The topological polar surface area (TPSA) is 43.7 Å². The Morgan fingerprint density at radius 1 is 1.31 bits per heavy atom. The third kappa shape index (κ3) is 1.87. The van der Waals surface area contributed by atoms with Crippen LogP contribution in [0.5, 0.6) is 0 Å². The zero-order valence-corrected chi connectivity index (χ0v) is 9.04. The molecule has 0 saturated carbocycles. The standard InChI is InChI=1S/C10H21NO2/c1-5-10(4)7-8(12)6-9(2,3)11(10)13/h8,12-13H,5-7H2,1-4H3. The van der Waals surface area contributed by atoms with Gasteiger partial charge in [-0.25, -0.2) is 0 Å². The SMILES string of the molecule is CCC1(C)CC(O)CC(C)(C)N1O. The summed E-state index contributed by atoms with van der Waals surface area (Å²) < 4.78 is 0. The molecule has 2 atom stereocenters. The molecule has 78 valence electrons. The van der Waals surface area contributed by atoms with E-state index in [2.05, 4.69) is 0 Å². The van der Waals surface area contributed by atoms with Crippen molar-refractivity contribution in [2.75, 3.05) is 0 Å². The average Bonchev–Trinajstić information content (AvgIpc) is 1.99. The molecule has 2 unspecified atom stereocenters. The lowest BCUT2D eigenvalue weighted by molar-refractivity contribution is -0.263. The van der Waals surface area contributed by atoms with Crippen LogP contribution in [0.1, 0.15) is 47.0 Å². The number of hydrogen-bond donors (Lipinski definition) is 2. The fourth-order valence-corrected chi connectivity index (χ4v) is 2.35. The molecule has 3 heteroatoms. The van der Waals surface area contributed by atoms with Crippen molar-refractivity contribution in [3.63, 3.8) is 0 Å². The van der Waals surface area contributed by atoms with Crippen molar-refractivity contribution < 1.29 is 10.3 Å². The van der Waals surface area contributed by atoms with Gasteiger partial charge in [0.2, 0.25) is 0 Å². The van der Waals surface area contributed by atoms with Crippen LogP contribution in [0, 0.1) is 0 Å². The van der Waals surface area contributed by atoms with Crippen molar-refractivity contribution in [3.05, 3.63) is 0 Å². The molecule has 1 aliphatic heterocycles. The predicted molar refractivity (Wildman–Crippen MR) is 51.6 cm³/mol. The van der Waals surface area contributed by atoms with Crippen LogP contribution in [0.2, 0.25) is 0 Å². The second kappa shape index (κ2) is 3.23. The van der Waals surface area contributed by atoms with Gasteiger partial charge in [0.05, 0.1) is 6.10 Å². The maximum Gasteiger partial charge on any atom is 0.0577 e. The van der Waals surface area contributed by atoms with Gasteiger partial charge < -0.3 is 10.3 Å². The van der Waals surface area contributed by atoms with Crippen molar-refractivity contribution in [2.45, 2.75) is 64.1 Å². The van der Waals surface area contributed by atoms with Crippen molar-refractivity contribution in [3.8, 4) is 0 Å². The van der Waals surface area contributed by atoms with Crippen LogP contribution in [0.4, 0.5) is 0 Å². The molecule has 0 spiro atoms. The van der Waals surface area contributed by atoms with Crippen molar-refractivity contribution in [1.82, 2.24) is 5.06 Å². The molecular formula is C10H21NO2. The minimum atomic E-state index is -0.317. The Bertz CT molecular complexity index is 193.